The van der Waals surface area contributed by atoms with Gasteiger partial charge in [0.05, 0.1) is 58.8 Å². The summed E-state index contributed by atoms with van der Waals surface area (Å²) in [4.78, 5) is 0. The lowest BCUT2D eigenvalue weighted by molar-refractivity contribution is -0.144. The topological polar surface area (TPSA) is 9.23 Å². The predicted octanol–water partition coefficient (Wildman–Crippen LogP) is 14.5. The molecular weight excluding hydrogens is 1000 g/mol. The smallest absolute Gasteiger partial charge is 0.346 e. The maximum Gasteiger partial charge on any atom is 0.416 e. The van der Waals surface area contributed by atoms with Gasteiger partial charge in [0.25, 0.3) is 0 Å². The molecule has 1 saturated carbocycles. The van der Waals surface area contributed by atoms with Gasteiger partial charge in [-0.15, -0.1) is 0 Å². The van der Waals surface area contributed by atoms with Crippen LogP contribution in [0.1, 0.15) is 51.4 Å². The van der Waals surface area contributed by atoms with E-state index in [1.54, 1.807) is 0 Å². The van der Waals surface area contributed by atoms with Crippen LogP contribution in [0.5, 0.6) is 0 Å². The van der Waals surface area contributed by atoms with E-state index in [9.17, 15) is 105 Å². The van der Waals surface area contributed by atoms with E-state index in [1.165, 1.54) is 0 Å². The van der Waals surface area contributed by atoms with E-state index < -0.39 is 173 Å². The van der Waals surface area contributed by atoms with Gasteiger partial charge in [0.1, 0.15) is 0 Å². The molecule has 5 radical (unpaired) electrons. The fourth-order valence-corrected chi connectivity index (χ4v) is 10.8. The minimum Gasteiger partial charge on any atom is -0.346 e. The number of hydrogen-bond acceptors (Lipinski definition) is 1. The molecule has 0 aromatic heterocycles. The van der Waals surface area contributed by atoms with Crippen LogP contribution in [0.4, 0.5) is 105 Å². The van der Waals surface area contributed by atoms with Gasteiger partial charge in [-0.05, 0) is 118 Å². The molecule has 1 aliphatic rings. The van der Waals surface area contributed by atoms with Crippen molar-refractivity contribution in [2.24, 2.45) is 0 Å². The summed E-state index contributed by atoms with van der Waals surface area (Å²) < 4.78 is 343. The Morgan fingerprint density at radius 2 is 0.561 bits per heavy atom. The van der Waals surface area contributed by atoms with Crippen LogP contribution in [0.25, 0.3) is 0 Å². The third-order valence-electron chi connectivity index (χ3n) is 9.04. The van der Waals surface area contributed by atoms with Crippen LogP contribution in [-0.2, 0) is 53.9 Å². The van der Waals surface area contributed by atoms with Crippen molar-refractivity contribution in [2.45, 2.75) is 62.4 Å². The lowest BCUT2D eigenvalue weighted by Gasteiger charge is -2.35. The Morgan fingerprint density at radius 3 is 0.788 bits per heavy atom. The van der Waals surface area contributed by atoms with Crippen LogP contribution in [0, 0.1) is 30.8 Å². The second-order valence-corrected chi connectivity index (χ2v) is 17.8. The normalized spacial score (nSPS) is 16.2. The van der Waals surface area contributed by atoms with E-state index in [4.69, 9.17) is 4.52 Å². The molecule has 4 aromatic carbocycles. The fourth-order valence-electron chi connectivity index (χ4n) is 6.13. The maximum atomic E-state index is 14.1. The zero-order valence-corrected chi connectivity index (χ0v) is 33.4. The molecule has 0 heterocycles. The van der Waals surface area contributed by atoms with Crippen molar-refractivity contribution in [1.82, 2.24) is 0 Å². The summed E-state index contributed by atoms with van der Waals surface area (Å²) >= 11 is 0. The van der Waals surface area contributed by atoms with Crippen LogP contribution in [0.15, 0.2) is 72.8 Å². The molecular formula is C39H19F24OP2. The molecule has 4 aromatic rings. The molecule has 0 unspecified atom stereocenters. The Hall–Kier alpha value is -3.98. The standard InChI is InChI=1S/C39H19F24OP2/c1-17(64-66(28-13-22(36(52,53)54)7-23(14-28)37(55,56)57)29-15-24(38(58,59)60)8-25(16-29)39(61,62)63)30-3-2-4-31(30)65(26-9-18(32(40,41)42)5-19(10-26)33(43,44)45)27-11-20(34(46,47)48)6-21(12-27)35(49,50)51/h2-17H,1H3/t17-/m1/s1. The highest BCUT2D eigenvalue weighted by Gasteiger charge is 2.47. The summed E-state index contributed by atoms with van der Waals surface area (Å²) in [6.45, 7) is 0.721. The first-order valence-corrected chi connectivity index (χ1v) is 20.0. The predicted molar refractivity (Wildman–Crippen MR) is 188 cm³/mol. The highest BCUT2D eigenvalue weighted by Crippen LogP contribution is 2.60. The zero-order valence-electron chi connectivity index (χ0n) is 31.6. The molecule has 1 fully saturated rings. The molecule has 0 N–H and O–H groups in total. The van der Waals surface area contributed by atoms with Crippen LogP contribution in [0.2, 0.25) is 0 Å². The second-order valence-electron chi connectivity index (χ2n) is 13.8. The average Bonchev–Trinajstić information content (AvgIpc) is 3.63. The number of benzene rings is 4. The van der Waals surface area contributed by atoms with Gasteiger partial charge in [-0.25, -0.2) is 0 Å². The molecule has 27 heteroatoms. The quantitative estimate of drug-likeness (QED) is 0.126. The van der Waals surface area contributed by atoms with Crippen LogP contribution in [0.3, 0.4) is 0 Å². The molecule has 66 heavy (non-hydrogen) atoms. The summed E-state index contributed by atoms with van der Waals surface area (Å²) in [5.41, 5.74) is -18.1. The van der Waals surface area contributed by atoms with Crippen molar-refractivity contribution in [3.05, 3.63) is 148 Å². The van der Waals surface area contributed by atoms with Crippen molar-refractivity contribution in [3.8, 4) is 0 Å². The van der Waals surface area contributed by atoms with E-state index >= 15 is 0 Å². The molecule has 0 saturated heterocycles. The van der Waals surface area contributed by atoms with Crippen LogP contribution in [-0.4, -0.2) is 6.10 Å². The number of alkyl halides is 24. The number of halogens is 24. The summed E-state index contributed by atoms with van der Waals surface area (Å²) in [5.74, 6) is -0.725. The summed E-state index contributed by atoms with van der Waals surface area (Å²) in [7, 11) is -7.46. The van der Waals surface area contributed by atoms with E-state index in [0.29, 0.717) is 6.42 Å². The van der Waals surface area contributed by atoms with Gasteiger partial charge in [-0.1, -0.05) is 0 Å². The van der Waals surface area contributed by atoms with Gasteiger partial charge < -0.3 is 4.52 Å². The molecule has 1 aliphatic carbocycles. The lowest BCUT2D eigenvalue weighted by atomic mass is 10.0. The maximum absolute atomic E-state index is 14.1. The Morgan fingerprint density at radius 1 is 0.333 bits per heavy atom. The minimum absolute atomic E-state index is 0.0632. The SMILES string of the molecule is C[C@@H](OP(c1cc(C(F)(F)F)cc(C(F)(F)F)c1)c1cc(C(F)(F)F)cc(C(F)(F)F)c1)[C]1[CH][CH][CH][C]1P(c1cc(C(F)(F)F)cc(C(F)(F)F)c1)c1cc(C(F)(F)F)cc(C(F)(F)F)c1. The van der Waals surface area contributed by atoms with E-state index in [1.807, 2.05) is 0 Å². The number of rotatable bonds is 8. The largest absolute Gasteiger partial charge is 0.416 e. The second kappa shape index (κ2) is 17.8. The van der Waals surface area contributed by atoms with Gasteiger partial charge in [0.2, 0.25) is 0 Å². The van der Waals surface area contributed by atoms with Gasteiger partial charge >= 0.3 is 49.4 Å². The Bertz CT molecular complexity index is 2100. The van der Waals surface area contributed by atoms with Crippen LogP contribution >= 0.6 is 16.1 Å². The Balaban J connectivity index is 1.81. The van der Waals surface area contributed by atoms with Crippen molar-refractivity contribution in [3.63, 3.8) is 0 Å². The molecule has 0 bridgehead atoms. The highest BCUT2D eigenvalue weighted by molar-refractivity contribution is 7.76. The molecule has 5 rings (SSSR count). The Kier molecular flexibility index (Phi) is 14.3. The van der Waals surface area contributed by atoms with Crippen molar-refractivity contribution >= 4 is 37.3 Å². The number of hydrogen-bond donors (Lipinski definition) is 0. The van der Waals surface area contributed by atoms with Gasteiger partial charge in [-0.3, -0.25) is 0 Å². The summed E-state index contributed by atoms with van der Waals surface area (Å²) in [6, 6.07) is -2.67. The van der Waals surface area contributed by atoms with Gasteiger partial charge in [-0.2, -0.15) is 105 Å². The van der Waals surface area contributed by atoms with Crippen molar-refractivity contribution < 1.29 is 110 Å². The molecule has 0 aliphatic heterocycles. The van der Waals surface area contributed by atoms with E-state index in [-0.39, 0.29) is 48.5 Å². The van der Waals surface area contributed by atoms with Crippen molar-refractivity contribution in [1.29, 1.82) is 0 Å². The lowest BCUT2D eigenvalue weighted by Crippen LogP contribution is -2.30. The Labute approximate surface area is 357 Å². The first-order chi connectivity index (χ1) is 29.7. The third kappa shape index (κ3) is 12.4. The van der Waals surface area contributed by atoms with Gasteiger partial charge in [0, 0.05) is 22.2 Å². The van der Waals surface area contributed by atoms with Crippen molar-refractivity contribution in [2.75, 3.05) is 0 Å². The van der Waals surface area contributed by atoms with Crippen LogP contribution < -0.4 is 21.2 Å². The average molecular weight is 1020 g/mol. The first-order valence-electron chi connectivity index (χ1n) is 17.4. The van der Waals surface area contributed by atoms with E-state index in [2.05, 4.69) is 0 Å². The molecule has 1 atom stereocenters. The molecule has 0 amide bonds. The zero-order chi connectivity index (χ0) is 50.1. The van der Waals surface area contributed by atoms with Gasteiger partial charge in [0.15, 0.2) is 0 Å². The monoisotopic (exact) mass is 1020 g/mol. The first kappa shape index (κ1) is 53.0. The summed E-state index contributed by atoms with van der Waals surface area (Å²) in [6.07, 6.45) is -45.5. The fraction of sp³-hybridized carbons (Fsp3) is 0.256. The highest BCUT2D eigenvalue weighted by atomic mass is 31.1. The molecule has 0 spiro atoms. The molecule has 1 nitrogen and oxygen atoms in total. The molecule has 359 valence electrons. The van der Waals surface area contributed by atoms with E-state index in [0.717, 1.165) is 19.8 Å². The minimum atomic E-state index is -5.71. The summed E-state index contributed by atoms with van der Waals surface area (Å²) in [5, 5.41) is -5.30. The third-order valence-corrected chi connectivity index (χ3v) is 13.5.